The summed E-state index contributed by atoms with van der Waals surface area (Å²) in [5, 5.41) is 0.343. The number of pyridine rings is 1. The van der Waals surface area contributed by atoms with Crippen molar-refractivity contribution in [1.82, 2.24) is 4.98 Å². The fourth-order valence-corrected chi connectivity index (χ4v) is 1.39. The summed E-state index contributed by atoms with van der Waals surface area (Å²) in [6.07, 6.45) is 2.77. The van der Waals surface area contributed by atoms with Gasteiger partial charge in [-0.15, -0.1) is 0 Å². The van der Waals surface area contributed by atoms with Crippen LogP contribution in [0.5, 0.6) is 0 Å². The minimum absolute atomic E-state index is 0.334. The number of halogens is 1. The van der Waals surface area contributed by atoms with Gasteiger partial charge in [0.25, 0.3) is 0 Å². The molecule has 4 nitrogen and oxygen atoms in total. The molecule has 0 aliphatic heterocycles. The first-order chi connectivity index (χ1) is 7.54. The van der Waals surface area contributed by atoms with Gasteiger partial charge in [-0.3, -0.25) is 0 Å². The number of carbonyl (C=O) groups is 1. The third-order valence-corrected chi connectivity index (χ3v) is 2.12. The van der Waals surface area contributed by atoms with Crippen molar-refractivity contribution in [2.45, 2.75) is 13.8 Å². The first kappa shape index (κ1) is 12.5. The van der Waals surface area contributed by atoms with Crippen molar-refractivity contribution in [2.24, 2.45) is 0 Å². The number of hydrogen-bond acceptors (Lipinski definition) is 4. The number of aromatic nitrogens is 1. The minimum atomic E-state index is -0.429. The third kappa shape index (κ3) is 3.24. The van der Waals surface area contributed by atoms with Gasteiger partial charge >= 0.3 is 5.97 Å². The van der Waals surface area contributed by atoms with E-state index in [0.717, 1.165) is 5.56 Å². The fraction of sp³-hybridized carbons (Fsp3) is 0.273. The third-order valence-electron chi connectivity index (χ3n) is 1.93. The smallest absolute Gasteiger partial charge is 0.330 e. The van der Waals surface area contributed by atoms with Crippen molar-refractivity contribution in [3.05, 3.63) is 28.6 Å². The van der Waals surface area contributed by atoms with Gasteiger partial charge in [0.1, 0.15) is 5.15 Å². The van der Waals surface area contributed by atoms with Crippen LogP contribution in [0.3, 0.4) is 0 Å². The summed E-state index contributed by atoms with van der Waals surface area (Å²) >= 11 is 5.78. The number of esters is 1. The van der Waals surface area contributed by atoms with Crippen LogP contribution in [-0.2, 0) is 9.53 Å². The Morgan fingerprint density at radius 2 is 2.38 bits per heavy atom. The fourth-order valence-electron chi connectivity index (χ4n) is 1.13. The molecule has 86 valence electrons. The number of nitrogens with two attached hydrogens (primary N) is 1. The van der Waals surface area contributed by atoms with E-state index in [1.165, 1.54) is 12.2 Å². The zero-order chi connectivity index (χ0) is 12.1. The van der Waals surface area contributed by atoms with E-state index in [9.17, 15) is 4.79 Å². The molecular weight excluding hydrogens is 228 g/mol. The van der Waals surface area contributed by atoms with E-state index in [0.29, 0.717) is 23.1 Å². The standard InChI is InChI=1S/C11H13ClN2O2/c1-3-16-10(15)5-4-8-11(13)7(2)6-9(12)14-8/h4-6H,3,13H2,1-2H3/b5-4+. The molecule has 0 aliphatic carbocycles. The second kappa shape index (κ2) is 5.51. The maximum absolute atomic E-state index is 11.1. The van der Waals surface area contributed by atoms with E-state index in [4.69, 9.17) is 22.1 Å². The topological polar surface area (TPSA) is 65.2 Å². The Morgan fingerprint density at radius 3 is 3.00 bits per heavy atom. The minimum Gasteiger partial charge on any atom is -0.463 e. The van der Waals surface area contributed by atoms with Crippen LogP contribution in [0.1, 0.15) is 18.2 Å². The van der Waals surface area contributed by atoms with Crippen LogP contribution in [0.25, 0.3) is 6.08 Å². The largest absolute Gasteiger partial charge is 0.463 e. The van der Waals surface area contributed by atoms with E-state index in [-0.39, 0.29) is 0 Å². The SMILES string of the molecule is CCOC(=O)/C=C/c1nc(Cl)cc(C)c1N. The summed E-state index contributed by atoms with van der Waals surface area (Å²) in [7, 11) is 0. The molecule has 0 radical (unpaired) electrons. The lowest BCUT2D eigenvalue weighted by molar-refractivity contribution is -0.137. The van der Waals surface area contributed by atoms with Crippen molar-refractivity contribution < 1.29 is 9.53 Å². The number of anilines is 1. The molecular formula is C11H13ClN2O2. The first-order valence-corrected chi connectivity index (χ1v) is 5.19. The van der Waals surface area contributed by atoms with E-state index in [2.05, 4.69) is 4.98 Å². The molecule has 5 heteroatoms. The number of rotatable bonds is 3. The highest BCUT2D eigenvalue weighted by Crippen LogP contribution is 2.20. The molecule has 0 saturated heterocycles. The van der Waals surface area contributed by atoms with Crippen molar-refractivity contribution >= 4 is 29.3 Å². The Labute approximate surface area is 99.1 Å². The van der Waals surface area contributed by atoms with Crippen molar-refractivity contribution in [2.75, 3.05) is 12.3 Å². The van der Waals surface area contributed by atoms with Crippen LogP contribution in [0, 0.1) is 6.92 Å². The van der Waals surface area contributed by atoms with E-state index >= 15 is 0 Å². The summed E-state index contributed by atoms with van der Waals surface area (Å²) < 4.78 is 4.74. The zero-order valence-corrected chi connectivity index (χ0v) is 9.91. The number of ether oxygens (including phenoxy) is 1. The number of aryl methyl sites for hydroxylation is 1. The molecule has 0 atom stereocenters. The van der Waals surface area contributed by atoms with Crippen LogP contribution in [0.2, 0.25) is 5.15 Å². The Hall–Kier alpha value is -1.55. The summed E-state index contributed by atoms with van der Waals surface area (Å²) in [5.41, 5.74) is 7.58. The average Bonchev–Trinajstić information content (AvgIpc) is 2.21. The van der Waals surface area contributed by atoms with Gasteiger partial charge in [0, 0.05) is 6.08 Å². The summed E-state index contributed by atoms with van der Waals surface area (Å²) in [6.45, 7) is 3.90. The van der Waals surface area contributed by atoms with Gasteiger partial charge in [-0.1, -0.05) is 11.6 Å². The molecule has 1 rings (SSSR count). The molecule has 1 aromatic heterocycles. The molecule has 0 bridgehead atoms. The van der Waals surface area contributed by atoms with Gasteiger partial charge in [0.2, 0.25) is 0 Å². The molecule has 2 N–H and O–H groups in total. The maximum atomic E-state index is 11.1. The lowest BCUT2D eigenvalue weighted by atomic mass is 10.2. The summed E-state index contributed by atoms with van der Waals surface area (Å²) in [5.74, 6) is -0.429. The molecule has 0 unspecified atom stereocenters. The highest BCUT2D eigenvalue weighted by molar-refractivity contribution is 6.29. The van der Waals surface area contributed by atoms with Gasteiger partial charge in [-0.2, -0.15) is 0 Å². The van der Waals surface area contributed by atoms with E-state index < -0.39 is 5.97 Å². The molecule has 0 fully saturated rings. The zero-order valence-electron chi connectivity index (χ0n) is 9.16. The molecule has 0 spiro atoms. The van der Waals surface area contributed by atoms with Gasteiger partial charge < -0.3 is 10.5 Å². The second-order valence-electron chi connectivity index (χ2n) is 3.15. The van der Waals surface area contributed by atoms with Crippen LogP contribution in [0.4, 0.5) is 5.69 Å². The normalized spacial score (nSPS) is 10.7. The van der Waals surface area contributed by atoms with Crippen molar-refractivity contribution in [1.29, 1.82) is 0 Å². The molecule has 0 aliphatic rings. The summed E-state index contributed by atoms with van der Waals surface area (Å²) in [4.78, 5) is 15.1. The lowest BCUT2D eigenvalue weighted by Crippen LogP contribution is -2.00. The molecule has 0 saturated carbocycles. The molecule has 0 aromatic carbocycles. The van der Waals surface area contributed by atoms with Crippen LogP contribution in [0.15, 0.2) is 12.1 Å². The lowest BCUT2D eigenvalue weighted by Gasteiger charge is -2.04. The summed E-state index contributed by atoms with van der Waals surface area (Å²) in [6, 6.07) is 1.67. The Kier molecular flexibility index (Phi) is 4.31. The maximum Gasteiger partial charge on any atom is 0.330 e. The van der Waals surface area contributed by atoms with Gasteiger partial charge in [-0.25, -0.2) is 9.78 Å². The number of hydrogen-bond donors (Lipinski definition) is 1. The average molecular weight is 241 g/mol. The quantitative estimate of drug-likeness (QED) is 0.500. The van der Waals surface area contributed by atoms with Crippen molar-refractivity contribution in [3.8, 4) is 0 Å². The number of nitrogen functional groups attached to an aromatic ring is 1. The van der Waals surface area contributed by atoms with Gasteiger partial charge in [-0.05, 0) is 31.6 Å². The number of nitrogens with zero attached hydrogens (tertiary/aromatic N) is 1. The first-order valence-electron chi connectivity index (χ1n) is 4.82. The second-order valence-corrected chi connectivity index (χ2v) is 3.53. The van der Waals surface area contributed by atoms with Gasteiger partial charge in [0.05, 0.1) is 18.0 Å². The number of carbonyl (C=O) groups excluding carboxylic acids is 1. The highest BCUT2D eigenvalue weighted by atomic mass is 35.5. The Bertz CT molecular complexity index is 430. The van der Waals surface area contributed by atoms with Crippen LogP contribution in [-0.4, -0.2) is 17.6 Å². The predicted molar refractivity (Wildman–Crippen MR) is 64.1 cm³/mol. The predicted octanol–water partition coefficient (Wildman–Crippen LogP) is 2.20. The molecule has 1 aromatic rings. The van der Waals surface area contributed by atoms with Crippen LogP contribution < -0.4 is 5.73 Å². The highest BCUT2D eigenvalue weighted by Gasteiger charge is 2.04. The monoisotopic (exact) mass is 240 g/mol. The Balaban J connectivity index is 2.93. The molecule has 1 heterocycles. The van der Waals surface area contributed by atoms with E-state index in [1.54, 1.807) is 13.0 Å². The Morgan fingerprint density at radius 1 is 1.69 bits per heavy atom. The molecule has 0 amide bonds. The van der Waals surface area contributed by atoms with Gasteiger partial charge in [0.15, 0.2) is 0 Å². The van der Waals surface area contributed by atoms with Crippen LogP contribution >= 0.6 is 11.6 Å². The molecule has 16 heavy (non-hydrogen) atoms. The van der Waals surface area contributed by atoms with Crippen molar-refractivity contribution in [3.63, 3.8) is 0 Å². The van der Waals surface area contributed by atoms with E-state index in [1.807, 2.05) is 6.92 Å².